The van der Waals surface area contributed by atoms with Gasteiger partial charge in [0.1, 0.15) is 0 Å². The van der Waals surface area contributed by atoms with Gasteiger partial charge in [-0.05, 0) is 19.9 Å². The van der Waals surface area contributed by atoms with Crippen molar-refractivity contribution in [1.82, 2.24) is 0 Å². The first-order valence-corrected chi connectivity index (χ1v) is 5.91. The fraction of sp³-hybridized carbons (Fsp3) is 0.538. The van der Waals surface area contributed by atoms with Gasteiger partial charge in [-0.3, -0.25) is 0 Å². The molecule has 1 aromatic carbocycles. The first-order chi connectivity index (χ1) is 8.52. The van der Waals surface area contributed by atoms with E-state index in [-0.39, 0.29) is 18.3 Å². The minimum atomic E-state index is -0.910. The van der Waals surface area contributed by atoms with Crippen LogP contribution in [0.2, 0.25) is 0 Å². The van der Waals surface area contributed by atoms with E-state index < -0.39 is 17.7 Å². The second-order valence-electron chi connectivity index (χ2n) is 4.24. The molecule has 102 valence electrons. The van der Waals surface area contributed by atoms with Crippen molar-refractivity contribution < 1.29 is 18.3 Å². The number of hydrogen-bond donors (Lipinski definition) is 1. The zero-order valence-corrected chi connectivity index (χ0v) is 10.7. The normalized spacial score (nSPS) is 13.0. The van der Waals surface area contributed by atoms with Crippen molar-refractivity contribution >= 4 is 0 Å². The van der Waals surface area contributed by atoms with E-state index in [0.717, 1.165) is 6.07 Å². The van der Waals surface area contributed by atoms with Crippen LogP contribution in [0.4, 0.5) is 8.78 Å². The Morgan fingerprint density at radius 1 is 1.22 bits per heavy atom. The molecule has 0 aliphatic heterocycles. The van der Waals surface area contributed by atoms with E-state index in [2.05, 4.69) is 0 Å². The number of nitrogens with two attached hydrogens (primary N) is 1. The Bertz CT molecular complexity index is 372. The van der Waals surface area contributed by atoms with Gasteiger partial charge in [-0.15, -0.1) is 0 Å². The maximum Gasteiger partial charge on any atom is 0.163 e. The summed E-state index contributed by atoms with van der Waals surface area (Å²) in [6.45, 7) is 4.81. The lowest BCUT2D eigenvalue weighted by molar-refractivity contribution is 0.0159. The molecule has 1 aromatic rings. The SMILES string of the molecule is CC(C)OCCOCC(N)c1cccc(F)c1F. The smallest absolute Gasteiger partial charge is 0.163 e. The minimum absolute atomic E-state index is 0.125. The Morgan fingerprint density at radius 3 is 2.61 bits per heavy atom. The van der Waals surface area contributed by atoms with Crippen molar-refractivity contribution in [3.63, 3.8) is 0 Å². The molecule has 5 heteroatoms. The van der Waals surface area contributed by atoms with Crippen LogP contribution in [0.3, 0.4) is 0 Å². The summed E-state index contributed by atoms with van der Waals surface area (Å²) in [7, 11) is 0. The van der Waals surface area contributed by atoms with Crippen LogP contribution in [0, 0.1) is 11.6 Å². The van der Waals surface area contributed by atoms with Gasteiger partial charge in [-0.1, -0.05) is 12.1 Å². The summed E-state index contributed by atoms with van der Waals surface area (Å²) >= 11 is 0. The monoisotopic (exact) mass is 259 g/mol. The lowest BCUT2D eigenvalue weighted by Gasteiger charge is -2.14. The third-order valence-electron chi connectivity index (χ3n) is 2.36. The molecular weight excluding hydrogens is 240 g/mol. The summed E-state index contributed by atoms with van der Waals surface area (Å²) in [5.74, 6) is -1.81. The van der Waals surface area contributed by atoms with Crippen LogP contribution in [0.25, 0.3) is 0 Å². The molecule has 0 fully saturated rings. The van der Waals surface area contributed by atoms with Crippen molar-refractivity contribution in [3.8, 4) is 0 Å². The summed E-state index contributed by atoms with van der Waals surface area (Å²) in [5.41, 5.74) is 5.86. The van der Waals surface area contributed by atoms with Crippen LogP contribution in [0.1, 0.15) is 25.5 Å². The highest BCUT2D eigenvalue weighted by Gasteiger charge is 2.14. The molecule has 3 nitrogen and oxygen atoms in total. The number of halogens is 2. The molecule has 0 saturated carbocycles. The first kappa shape index (κ1) is 15.0. The van der Waals surface area contributed by atoms with Crippen LogP contribution in [0.15, 0.2) is 18.2 Å². The molecule has 0 aromatic heterocycles. The van der Waals surface area contributed by atoms with Crippen molar-refractivity contribution in [2.75, 3.05) is 19.8 Å². The van der Waals surface area contributed by atoms with E-state index in [0.29, 0.717) is 13.2 Å². The third-order valence-corrected chi connectivity index (χ3v) is 2.36. The van der Waals surface area contributed by atoms with Crippen LogP contribution in [-0.2, 0) is 9.47 Å². The highest BCUT2D eigenvalue weighted by molar-refractivity contribution is 5.22. The van der Waals surface area contributed by atoms with Crippen LogP contribution in [0.5, 0.6) is 0 Å². The van der Waals surface area contributed by atoms with E-state index in [1.807, 2.05) is 13.8 Å². The number of ether oxygens (including phenoxy) is 2. The molecular formula is C13H19F2NO2. The fourth-order valence-electron chi connectivity index (χ4n) is 1.45. The Balaban J connectivity index is 2.36. The van der Waals surface area contributed by atoms with Gasteiger partial charge < -0.3 is 15.2 Å². The average molecular weight is 259 g/mol. The first-order valence-electron chi connectivity index (χ1n) is 5.91. The summed E-state index contributed by atoms with van der Waals surface area (Å²) < 4.78 is 36.9. The molecule has 0 radical (unpaired) electrons. The predicted molar refractivity (Wildman–Crippen MR) is 65.2 cm³/mol. The molecule has 0 heterocycles. The molecule has 0 spiro atoms. The summed E-state index contributed by atoms with van der Waals surface area (Å²) in [4.78, 5) is 0. The maximum atomic E-state index is 13.4. The van der Waals surface area contributed by atoms with E-state index in [1.165, 1.54) is 12.1 Å². The second-order valence-corrected chi connectivity index (χ2v) is 4.24. The lowest BCUT2D eigenvalue weighted by Crippen LogP contribution is -2.20. The van der Waals surface area contributed by atoms with Gasteiger partial charge in [0.25, 0.3) is 0 Å². The van der Waals surface area contributed by atoms with Gasteiger partial charge in [-0.2, -0.15) is 0 Å². The van der Waals surface area contributed by atoms with Gasteiger partial charge in [0.15, 0.2) is 11.6 Å². The zero-order valence-electron chi connectivity index (χ0n) is 10.7. The van der Waals surface area contributed by atoms with Gasteiger partial charge in [-0.25, -0.2) is 8.78 Å². The summed E-state index contributed by atoms with van der Waals surface area (Å²) in [6.07, 6.45) is 0.142. The van der Waals surface area contributed by atoms with E-state index in [1.54, 1.807) is 0 Å². The van der Waals surface area contributed by atoms with E-state index in [9.17, 15) is 8.78 Å². The number of rotatable bonds is 7. The number of hydrogen-bond acceptors (Lipinski definition) is 3. The highest BCUT2D eigenvalue weighted by atomic mass is 19.2. The van der Waals surface area contributed by atoms with Crippen molar-refractivity contribution in [3.05, 3.63) is 35.4 Å². The van der Waals surface area contributed by atoms with E-state index in [4.69, 9.17) is 15.2 Å². The molecule has 0 bridgehead atoms. The summed E-state index contributed by atoms with van der Waals surface area (Å²) in [6, 6.07) is 3.26. The molecule has 0 aliphatic rings. The van der Waals surface area contributed by atoms with Crippen molar-refractivity contribution in [2.45, 2.75) is 26.0 Å². The second kappa shape index (κ2) is 7.41. The fourth-order valence-corrected chi connectivity index (χ4v) is 1.45. The van der Waals surface area contributed by atoms with Gasteiger partial charge >= 0.3 is 0 Å². The average Bonchev–Trinajstić information content (AvgIpc) is 2.31. The predicted octanol–water partition coefficient (Wildman–Crippen LogP) is 2.41. The molecule has 0 aliphatic carbocycles. The van der Waals surface area contributed by atoms with Crippen LogP contribution < -0.4 is 5.73 Å². The third kappa shape index (κ3) is 4.68. The molecule has 0 amide bonds. The lowest BCUT2D eigenvalue weighted by atomic mass is 10.1. The van der Waals surface area contributed by atoms with Gasteiger partial charge in [0.2, 0.25) is 0 Å². The van der Waals surface area contributed by atoms with Crippen molar-refractivity contribution in [2.24, 2.45) is 5.73 Å². The quantitative estimate of drug-likeness (QED) is 0.765. The Labute approximate surface area is 106 Å². The molecule has 2 N–H and O–H groups in total. The van der Waals surface area contributed by atoms with Crippen LogP contribution >= 0.6 is 0 Å². The molecule has 1 unspecified atom stereocenters. The largest absolute Gasteiger partial charge is 0.377 e. The van der Waals surface area contributed by atoms with Crippen molar-refractivity contribution in [1.29, 1.82) is 0 Å². The Kier molecular flexibility index (Phi) is 6.18. The van der Waals surface area contributed by atoms with Crippen LogP contribution in [-0.4, -0.2) is 25.9 Å². The minimum Gasteiger partial charge on any atom is -0.377 e. The number of benzene rings is 1. The molecule has 1 rings (SSSR count). The standard InChI is InChI=1S/C13H19F2NO2/c1-9(2)18-7-6-17-8-12(16)10-4-3-5-11(14)13(10)15/h3-5,9,12H,6-8,16H2,1-2H3. The topological polar surface area (TPSA) is 44.5 Å². The molecule has 1 atom stereocenters. The van der Waals surface area contributed by atoms with E-state index >= 15 is 0 Å². The summed E-state index contributed by atoms with van der Waals surface area (Å²) in [5, 5.41) is 0. The Hall–Kier alpha value is -1.04. The zero-order chi connectivity index (χ0) is 13.5. The van der Waals surface area contributed by atoms with Gasteiger partial charge in [0.05, 0.1) is 32.0 Å². The molecule has 0 saturated heterocycles. The van der Waals surface area contributed by atoms with Gasteiger partial charge in [0, 0.05) is 5.56 Å². The molecule has 18 heavy (non-hydrogen) atoms. The maximum absolute atomic E-state index is 13.4. The Morgan fingerprint density at radius 2 is 1.94 bits per heavy atom. The highest BCUT2D eigenvalue weighted by Crippen LogP contribution is 2.17.